The molecule has 4 rings (SSSR count). The molecule has 0 spiro atoms. The molecule has 1 aliphatic heterocycles. The van der Waals surface area contributed by atoms with E-state index in [1.165, 1.54) is 34.5 Å². The maximum absolute atomic E-state index is 11.8. The predicted molar refractivity (Wildman–Crippen MR) is 138 cm³/mol. The van der Waals surface area contributed by atoms with Gasteiger partial charge in [0.15, 0.2) is 0 Å². The number of rotatable bonds is 9. The van der Waals surface area contributed by atoms with Gasteiger partial charge in [0.1, 0.15) is 12.4 Å². The Balaban J connectivity index is 1.28. The van der Waals surface area contributed by atoms with Crippen LogP contribution in [0.2, 0.25) is 0 Å². The van der Waals surface area contributed by atoms with Crippen LogP contribution in [0.25, 0.3) is 11.3 Å². The van der Waals surface area contributed by atoms with Crippen molar-refractivity contribution in [3.63, 3.8) is 0 Å². The van der Waals surface area contributed by atoms with Crippen molar-refractivity contribution in [2.24, 2.45) is 5.92 Å². The number of hydrogen-bond donors (Lipinski definition) is 0. The molecule has 2 aromatic carbocycles. The maximum atomic E-state index is 11.8. The summed E-state index contributed by atoms with van der Waals surface area (Å²) in [5.74, 6) is -0.787. The van der Waals surface area contributed by atoms with E-state index in [4.69, 9.17) is 18.9 Å². The number of carbonyl (C=O) groups is 1. The highest BCUT2D eigenvalue weighted by Gasteiger charge is 2.41. The van der Waals surface area contributed by atoms with Crippen LogP contribution in [0, 0.1) is 12.8 Å². The van der Waals surface area contributed by atoms with Crippen molar-refractivity contribution >= 4 is 17.7 Å². The quantitative estimate of drug-likeness (QED) is 0.294. The maximum Gasteiger partial charge on any atom is 0.366 e. The van der Waals surface area contributed by atoms with Crippen molar-refractivity contribution in [3.8, 4) is 17.0 Å². The molecule has 3 aromatic rings. The third kappa shape index (κ3) is 6.10. The van der Waals surface area contributed by atoms with Crippen LogP contribution in [0.15, 0.2) is 65.6 Å². The lowest BCUT2D eigenvalue weighted by molar-refractivity contribution is -0.272. The minimum Gasteiger partial charge on any atom is -0.492 e. The van der Waals surface area contributed by atoms with E-state index in [9.17, 15) is 4.79 Å². The molecule has 7 heteroatoms. The molecule has 35 heavy (non-hydrogen) atoms. The van der Waals surface area contributed by atoms with Crippen LogP contribution in [0.4, 0.5) is 0 Å². The molecule has 0 bridgehead atoms. The van der Waals surface area contributed by atoms with Gasteiger partial charge in [0, 0.05) is 29.1 Å². The molecule has 1 fully saturated rings. The van der Waals surface area contributed by atoms with E-state index in [1.54, 1.807) is 18.7 Å². The van der Waals surface area contributed by atoms with E-state index in [0.29, 0.717) is 19.8 Å². The summed E-state index contributed by atoms with van der Waals surface area (Å²) < 4.78 is 24.4. The van der Waals surface area contributed by atoms with E-state index in [2.05, 4.69) is 66.3 Å². The summed E-state index contributed by atoms with van der Waals surface area (Å²) in [6, 6.07) is 21.1. The number of aromatic nitrogens is 1. The highest BCUT2D eigenvalue weighted by Crippen LogP contribution is 2.27. The van der Waals surface area contributed by atoms with Gasteiger partial charge in [-0.2, -0.15) is 0 Å². The Morgan fingerprint density at radius 1 is 1.06 bits per heavy atom. The summed E-state index contributed by atoms with van der Waals surface area (Å²) in [6.45, 7) is 5.98. The molecule has 0 atom stereocenters. The molecular weight excluding hydrogens is 462 g/mol. The van der Waals surface area contributed by atoms with E-state index in [1.807, 2.05) is 12.1 Å². The Morgan fingerprint density at radius 3 is 2.37 bits per heavy atom. The Kier molecular flexibility index (Phi) is 8.21. The third-order valence-electron chi connectivity index (χ3n) is 6.36. The smallest absolute Gasteiger partial charge is 0.366 e. The van der Waals surface area contributed by atoms with E-state index in [0.717, 1.165) is 18.7 Å². The lowest BCUT2D eigenvalue weighted by Crippen LogP contribution is -2.48. The molecule has 0 amide bonds. The van der Waals surface area contributed by atoms with Gasteiger partial charge < -0.3 is 23.5 Å². The average molecular weight is 496 g/mol. The van der Waals surface area contributed by atoms with Gasteiger partial charge in [-0.15, -0.1) is 11.8 Å². The molecule has 1 aliphatic rings. The Bertz CT molecular complexity index is 1120. The molecule has 1 saturated heterocycles. The fraction of sp³-hybridized carbons (Fsp3) is 0.393. The third-order valence-corrected chi connectivity index (χ3v) is 7.10. The van der Waals surface area contributed by atoms with Crippen molar-refractivity contribution in [1.82, 2.24) is 4.57 Å². The number of benzene rings is 2. The molecule has 0 N–H and O–H groups in total. The molecule has 1 aromatic heterocycles. The normalized spacial score (nSPS) is 19.9. The number of ether oxygens (including phenoxy) is 4. The zero-order chi connectivity index (χ0) is 24.8. The summed E-state index contributed by atoms with van der Waals surface area (Å²) in [4.78, 5) is 13.1. The second-order valence-electron chi connectivity index (χ2n) is 8.86. The summed E-state index contributed by atoms with van der Waals surface area (Å²) in [5, 5.41) is 0. The fourth-order valence-corrected chi connectivity index (χ4v) is 4.66. The Morgan fingerprint density at radius 2 is 1.74 bits per heavy atom. The molecule has 6 nitrogen and oxygen atoms in total. The van der Waals surface area contributed by atoms with Crippen molar-refractivity contribution in [1.29, 1.82) is 0 Å². The van der Waals surface area contributed by atoms with E-state index < -0.39 is 11.8 Å². The number of carbonyl (C=O) groups excluding carboxylic acids is 1. The van der Waals surface area contributed by atoms with E-state index in [-0.39, 0.29) is 5.92 Å². The molecule has 0 unspecified atom stereocenters. The molecule has 0 radical (unpaired) electrons. The number of esters is 1. The summed E-state index contributed by atoms with van der Waals surface area (Å²) >= 11 is 1.75. The predicted octanol–water partition coefficient (Wildman–Crippen LogP) is 5.36. The van der Waals surface area contributed by atoms with Crippen molar-refractivity contribution in [2.75, 3.05) is 33.2 Å². The van der Waals surface area contributed by atoms with Crippen LogP contribution in [-0.2, 0) is 32.0 Å². The lowest BCUT2D eigenvalue weighted by atomic mass is 9.99. The van der Waals surface area contributed by atoms with Gasteiger partial charge in [-0.05, 0) is 67.1 Å². The SMILES string of the molecule is COC(=O)C1(C)OCC(Cc2ccc(OCCn3c(C)ccc3-c3ccc(SC)cc3)cc2)CO1. The van der Waals surface area contributed by atoms with Gasteiger partial charge in [0.05, 0.1) is 26.9 Å². The molecule has 0 saturated carbocycles. The van der Waals surface area contributed by atoms with Crippen LogP contribution < -0.4 is 4.74 Å². The molecule has 186 valence electrons. The van der Waals surface area contributed by atoms with Gasteiger partial charge in [-0.3, -0.25) is 0 Å². The van der Waals surface area contributed by atoms with Crippen LogP contribution in [-0.4, -0.2) is 49.5 Å². The molecule has 0 aliphatic carbocycles. The first-order valence-corrected chi connectivity index (χ1v) is 13.0. The van der Waals surface area contributed by atoms with Crippen LogP contribution in [0.5, 0.6) is 5.75 Å². The average Bonchev–Trinajstić information content (AvgIpc) is 3.26. The first-order chi connectivity index (χ1) is 16.9. The minimum absolute atomic E-state index is 0.180. The largest absolute Gasteiger partial charge is 0.492 e. The van der Waals surface area contributed by atoms with Gasteiger partial charge in [0.2, 0.25) is 0 Å². The summed E-state index contributed by atoms with van der Waals surface area (Å²) in [5.41, 5.74) is 4.80. The van der Waals surface area contributed by atoms with Gasteiger partial charge in [0.25, 0.3) is 5.79 Å². The monoisotopic (exact) mass is 495 g/mol. The lowest BCUT2D eigenvalue weighted by Gasteiger charge is -2.35. The van der Waals surface area contributed by atoms with Crippen molar-refractivity contribution in [3.05, 3.63) is 71.9 Å². The fourth-order valence-electron chi connectivity index (χ4n) is 4.25. The minimum atomic E-state index is -1.31. The number of thioether (sulfide) groups is 1. The first kappa shape index (κ1) is 25.4. The van der Waals surface area contributed by atoms with Gasteiger partial charge in [-0.1, -0.05) is 24.3 Å². The standard InChI is InChI=1S/C28H33NO5S/c1-20-5-14-26(23-8-12-25(35-4)13-9-23)29(20)15-16-32-24-10-6-21(7-11-24)17-22-18-33-28(2,34-19-22)27(30)31-3/h5-14,22H,15-19H2,1-4H3. The second-order valence-corrected chi connectivity index (χ2v) is 9.74. The van der Waals surface area contributed by atoms with Crippen LogP contribution in [0.1, 0.15) is 18.2 Å². The van der Waals surface area contributed by atoms with Gasteiger partial charge in [-0.25, -0.2) is 4.79 Å². The summed E-state index contributed by atoms with van der Waals surface area (Å²) in [6.07, 6.45) is 2.89. The molecule has 2 heterocycles. The Labute approximate surface area is 211 Å². The number of hydrogen-bond acceptors (Lipinski definition) is 6. The van der Waals surface area contributed by atoms with Crippen molar-refractivity contribution in [2.45, 2.75) is 37.5 Å². The Hall–Kier alpha value is -2.74. The van der Waals surface area contributed by atoms with Gasteiger partial charge >= 0.3 is 5.97 Å². The van der Waals surface area contributed by atoms with Crippen LogP contribution in [0.3, 0.4) is 0 Å². The zero-order valence-electron chi connectivity index (χ0n) is 20.8. The van der Waals surface area contributed by atoms with Crippen molar-refractivity contribution < 1.29 is 23.7 Å². The zero-order valence-corrected chi connectivity index (χ0v) is 21.6. The van der Waals surface area contributed by atoms with Crippen LogP contribution >= 0.6 is 11.8 Å². The van der Waals surface area contributed by atoms with E-state index >= 15 is 0 Å². The second kappa shape index (κ2) is 11.3. The topological polar surface area (TPSA) is 58.9 Å². The number of methoxy groups -OCH3 is 1. The first-order valence-electron chi connectivity index (χ1n) is 11.8. The molecular formula is C28H33NO5S. The highest BCUT2D eigenvalue weighted by molar-refractivity contribution is 7.98. The highest BCUT2D eigenvalue weighted by atomic mass is 32.2. The summed E-state index contributed by atoms with van der Waals surface area (Å²) in [7, 11) is 1.33. The number of nitrogens with zero attached hydrogens (tertiary/aromatic N) is 1. The number of aryl methyl sites for hydroxylation is 1.